The van der Waals surface area contributed by atoms with Crippen LogP contribution in [0.25, 0.3) is 17.0 Å². The number of aliphatic hydroxyl groups excluding tert-OH is 1. The Bertz CT molecular complexity index is 1410. The molecule has 7 rings (SSSR count). The summed E-state index contributed by atoms with van der Waals surface area (Å²) in [7, 11) is 1.67. The molecule has 220 valence electrons. The van der Waals surface area contributed by atoms with E-state index in [2.05, 4.69) is 30.5 Å². The zero-order chi connectivity index (χ0) is 28.5. The molecule has 1 aromatic heterocycles. The lowest BCUT2D eigenvalue weighted by Crippen LogP contribution is -2.54. The van der Waals surface area contributed by atoms with Gasteiger partial charge in [0.05, 0.1) is 55.3 Å². The van der Waals surface area contributed by atoms with Crippen LogP contribution in [0.3, 0.4) is 0 Å². The molecule has 2 saturated heterocycles. The second-order valence-corrected chi connectivity index (χ2v) is 12.4. The summed E-state index contributed by atoms with van der Waals surface area (Å²) in [5.74, 6) is 0.812. The molecule has 2 aromatic rings. The van der Waals surface area contributed by atoms with Gasteiger partial charge in [0.15, 0.2) is 0 Å². The van der Waals surface area contributed by atoms with Crippen LogP contribution in [0.2, 0.25) is 0 Å². The van der Waals surface area contributed by atoms with Gasteiger partial charge in [0, 0.05) is 40.7 Å². The van der Waals surface area contributed by atoms with Gasteiger partial charge in [-0.05, 0) is 25.0 Å². The highest BCUT2D eigenvalue weighted by atomic mass is 16.7. The molecule has 1 aromatic carbocycles. The van der Waals surface area contributed by atoms with Crippen LogP contribution in [0.1, 0.15) is 56.2 Å². The second-order valence-electron chi connectivity index (χ2n) is 12.4. The summed E-state index contributed by atoms with van der Waals surface area (Å²) in [6.45, 7) is 7.45. The van der Waals surface area contributed by atoms with Gasteiger partial charge in [0.2, 0.25) is 0 Å². The Hall–Kier alpha value is -2.57. The molecular weight excluding hydrogens is 526 g/mol. The Labute approximate surface area is 239 Å². The van der Waals surface area contributed by atoms with Crippen molar-refractivity contribution in [3.8, 4) is 5.75 Å². The number of anilines is 1. The fraction of sp³-hybridized carbons (Fsp3) is 0.581. The van der Waals surface area contributed by atoms with Crippen molar-refractivity contribution >= 4 is 22.7 Å². The summed E-state index contributed by atoms with van der Waals surface area (Å²) in [5, 5.41) is 15.6. The van der Waals surface area contributed by atoms with E-state index in [0.717, 1.165) is 33.4 Å². The molecule has 0 radical (unpaired) electrons. The van der Waals surface area contributed by atoms with Crippen LogP contribution >= 0.6 is 0 Å². The number of aliphatic hydroxyl groups is 1. The highest BCUT2D eigenvalue weighted by Gasteiger charge is 2.52. The number of nitrogens with one attached hydrogen (secondary N) is 1. The van der Waals surface area contributed by atoms with Gasteiger partial charge in [-0.25, -0.2) is 4.98 Å². The van der Waals surface area contributed by atoms with Crippen molar-refractivity contribution in [2.45, 2.75) is 69.3 Å². The number of nitrogens with two attached hydrogens (primary N) is 1. The Morgan fingerprint density at radius 2 is 1.98 bits per heavy atom. The van der Waals surface area contributed by atoms with Crippen LogP contribution in [0.15, 0.2) is 30.4 Å². The number of hydrogen-bond acceptors (Lipinski definition) is 10. The molecule has 41 heavy (non-hydrogen) atoms. The van der Waals surface area contributed by atoms with E-state index in [1.165, 1.54) is 0 Å². The summed E-state index contributed by atoms with van der Waals surface area (Å²) in [4.78, 5) is 5.12. The minimum atomic E-state index is -0.799. The molecular formula is C31H39N3O7. The Kier molecular flexibility index (Phi) is 6.66. The van der Waals surface area contributed by atoms with E-state index in [1.54, 1.807) is 7.11 Å². The lowest BCUT2D eigenvalue weighted by Gasteiger charge is -2.48. The number of methoxy groups -OCH3 is 1. The molecule has 1 aliphatic carbocycles. The van der Waals surface area contributed by atoms with Crippen molar-refractivity contribution in [2.75, 3.05) is 39.2 Å². The maximum absolute atomic E-state index is 11.0. The highest BCUT2D eigenvalue weighted by Crippen LogP contribution is 2.55. The van der Waals surface area contributed by atoms with E-state index < -0.39 is 29.2 Å². The SMILES string of the molecule is COc1cc2c(c3cc4c(nc13)C=C[C@@]1(C3C[C@@H]([C@H](O)[C@@H](N)C(C)C)OCO3)C=CCO[C@@H]41)[C@@H]1OCOC[C@]1(C)N2. The maximum Gasteiger partial charge on any atom is 0.147 e. The molecule has 10 heteroatoms. The van der Waals surface area contributed by atoms with Crippen LogP contribution in [0.5, 0.6) is 5.75 Å². The number of fused-ring (bicyclic) bond motifs is 8. The van der Waals surface area contributed by atoms with Crippen molar-refractivity contribution in [1.29, 1.82) is 0 Å². The lowest BCUT2D eigenvalue weighted by molar-refractivity contribution is -0.231. The topological polar surface area (TPSA) is 127 Å². The Balaban J connectivity index is 1.32. The van der Waals surface area contributed by atoms with Crippen LogP contribution in [-0.2, 0) is 23.7 Å². The van der Waals surface area contributed by atoms with E-state index >= 15 is 0 Å². The van der Waals surface area contributed by atoms with Gasteiger partial charge >= 0.3 is 0 Å². The first kappa shape index (κ1) is 27.3. The van der Waals surface area contributed by atoms with Crippen molar-refractivity contribution in [1.82, 2.24) is 4.98 Å². The average Bonchev–Trinajstić information content (AvgIpc) is 3.30. The predicted molar refractivity (Wildman–Crippen MR) is 152 cm³/mol. The van der Waals surface area contributed by atoms with Gasteiger partial charge in [0.25, 0.3) is 0 Å². The quantitative estimate of drug-likeness (QED) is 0.463. The fourth-order valence-electron chi connectivity index (χ4n) is 7.21. The molecule has 8 atom stereocenters. The van der Waals surface area contributed by atoms with Crippen LogP contribution in [0.4, 0.5) is 5.69 Å². The average molecular weight is 566 g/mol. The minimum Gasteiger partial charge on any atom is -0.494 e. The number of ether oxygens (including phenoxy) is 6. The Morgan fingerprint density at radius 1 is 1.12 bits per heavy atom. The smallest absolute Gasteiger partial charge is 0.147 e. The third kappa shape index (κ3) is 4.15. The summed E-state index contributed by atoms with van der Waals surface area (Å²) in [6, 6.07) is 3.80. The third-order valence-electron chi connectivity index (χ3n) is 9.51. The normalized spacial score (nSPS) is 35.3. The van der Waals surface area contributed by atoms with Gasteiger partial charge in [-0.1, -0.05) is 32.1 Å². The van der Waals surface area contributed by atoms with Crippen LogP contribution < -0.4 is 15.8 Å². The molecule has 4 aliphatic heterocycles. The van der Waals surface area contributed by atoms with Crippen molar-refractivity contribution in [2.24, 2.45) is 17.1 Å². The first-order valence-corrected chi connectivity index (χ1v) is 14.4. The summed E-state index contributed by atoms with van der Waals surface area (Å²) < 4.78 is 36.3. The minimum absolute atomic E-state index is 0.0756. The lowest BCUT2D eigenvalue weighted by atomic mass is 9.67. The number of pyridine rings is 1. The zero-order valence-corrected chi connectivity index (χ0v) is 24.0. The van der Waals surface area contributed by atoms with Gasteiger partial charge in [0.1, 0.15) is 37.1 Å². The van der Waals surface area contributed by atoms with E-state index in [0.29, 0.717) is 25.4 Å². The van der Waals surface area contributed by atoms with E-state index in [4.69, 9.17) is 39.1 Å². The zero-order valence-electron chi connectivity index (χ0n) is 24.0. The molecule has 1 unspecified atom stereocenters. The van der Waals surface area contributed by atoms with E-state index in [9.17, 15) is 5.11 Å². The number of nitrogens with zero attached hydrogens (tertiary/aromatic N) is 1. The number of aromatic nitrogens is 1. The number of rotatable bonds is 5. The largest absolute Gasteiger partial charge is 0.494 e. The summed E-state index contributed by atoms with van der Waals surface area (Å²) >= 11 is 0. The monoisotopic (exact) mass is 565 g/mol. The van der Waals surface area contributed by atoms with Crippen LogP contribution in [-0.4, -0.2) is 73.9 Å². The van der Waals surface area contributed by atoms with E-state index in [-0.39, 0.29) is 37.8 Å². The second kappa shape index (κ2) is 10.0. The van der Waals surface area contributed by atoms with Crippen LogP contribution in [0, 0.1) is 11.3 Å². The Morgan fingerprint density at radius 3 is 2.78 bits per heavy atom. The van der Waals surface area contributed by atoms with Gasteiger partial charge in [-0.2, -0.15) is 0 Å². The molecule has 0 amide bonds. The highest BCUT2D eigenvalue weighted by molar-refractivity contribution is 5.96. The molecule has 0 saturated carbocycles. The fourth-order valence-corrected chi connectivity index (χ4v) is 7.21. The molecule has 4 N–H and O–H groups in total. The number of hydrogen-bond donors (Lipinski definition) is 3. The summed E-state index contributed by atoms with van der Waals surface area (Å²) in [6.07, 6.45) is 6.81. The van der Waals surface area contributed by atoms with Gasteiger partial charge in [-0.3, -0.25) is 0 Å². The molecule has 10 nitrogen and oxygen atoms in total. The maximum atomic E-state index is 11.0. The van der Waals surface area contributed by atoms with Crippen molar-refractivity contribution < 1.29 is 33.5 Å². The first-order chi connectivity index (χ1) is 19.8. The molecule has 2 fully saturated rings. The van der Waals surface area contributed by atoms with E-state index in [1.807, 2.05) is 32.1 Å². The molecule has 5 heterocycles. The predicted octanol–water partition coefficient (Wildman–Crippen LogP) is 3.59. The van der Waals surface area contributed by atoms with Gasteiger partial charge in [-0.15, -0.1) is 0 Å². The van der Waals surface area contributed by atoms with Crippen molar-refractivity contribution in [3.05, 3.63) is 47.2 Å². The number of benzene rings is 1. The molecule has 5 aliphatic rings. The first-order valence-electron chi connectivity index (χ1n) is 14.4. The summed E-state index contributed by atoms with van der Waals surface area (Å²) in [5.41, 5.74) is 9.93. The molecule has 0 bridgehead atoms. The van der Waals surface area contributed by atoms with Crippen molar-refractivity contribution in [3.63, 3.8) is 0 Å². The van der Waals surface area contributed by atoms with Gasteiger partial charge < -0.3 is 44.6 Å². The third-order valence-corrected chi connectivity index (χ3v) is 9.51. The molecule has 0 spiro atoms. The standard InChI is InChI=1S/C31H39N3O7/c1-16(2)25(32)27(35)22-12-23(40-15-39-22)31-7-5-9-38-28(31)17-10-18-24-20(34-30(3)13-37-14-41-29(24)30)11-21(36-4)26(18)33-19(17)6-8-31/h5-8,10-11,16,22-23,25,27-29,34-35H,9,12-15,32H2,1-4H3/t22-,23?,25-,27-,28-,29-,30-,31+/m0/s1.